The molecular formula is C25H32N4S. The predicted octanol–water partition coefficient (Wildman–Crippen LogP) is 5.07. The maximum Gasteiger partial charge on any atom is 0.0584 e. The van der Waals surface area contributed by atoms with Gasteiger partial charge in [-0.2, -0.15) is 0 Å². The molecule has 0 N–H and O–H groups in total. The fourth-order valence-corrected chi connectivity index (χ4v) is 5.26. The second-order valence-electron chi connectivity index (χ2n) is 8.56. The van der Waals surface area contributed by atoms with Gasteiger partial charge in [0.1, 0.15) is 0 Å². The van der Waals surface area contributed by atoms with Crippen molar-refractivity contribution in [2.24, 2.45) is 4.99 Å². The van der Waals surface area contributed by atoms with Gasteiger partial charge in [-0.3, -0.25) is 4.90 Å². The summed E-state index contributed by atoms with van der Waals surface area (Å²) in [6.45, 7) is 11.1. The summed E-state index contributed by atoms with van der Waals surface area (Å²) in [7, 11) is 0. The Kier molecular flexibility index (Phi) is 6.96. The third-order valence-corrected chi connectivity index (χ3v) is 6.59. The first-order valence-electron chi connectivity index (χ1n) is 11.2. The maximum absolute atomic E-state index is 4.67. The van der Waals surface area contributed by atoms with E-state index >= 15 is 0 Å². The number of hydrogen-bond donors (Lipinski definition) is 0. The van der Waals surface area contributed by atoms with Crippen molar-refractivity contribution in [3.63, 3.8) is 0 Å². The maximum atomic E-state index is 4.67. The molecule has 5 heteroatoms. The molecule has 0 radical (unpaired) electrons. The minimum atomic E-state index is 0.582. The summed E-state index contributed by atoms with van der Waals surface area (Å²) in [5, 5.41) is 5.20. The summed E-state index contributed by atoms with van der Waals surface area (Å²) in [6.07, 6.45) is 2.23. The highest BCUT2D eigenvalue weighted by Gasteiger charge is 2.28. The lowest BCUT2D eigenvalue weighted by Gasteiger charge is -2.44. The van der Waals surface area contributed by atoms with Gasteiger partial charge < -0.3 is 9.47 Å². The van der Waals surface area contributed by atoms with Crippen molar-refractivity contribution < 1.29 is 0 Å². The second kappa shape index (κ2) is 9.84. The molecule has 3 aromatic rings. The van der Waals surface area contributed by atoms with E-state index in [1.165, 1.54) is 28.2 Å². The van der Waals surface area contributed by atoms with Crippen molar-refractivity contribution in [1.29, 1.82) is 0 Å². The molecule has 0 amide bonds. The molecule has 2 heterocycles. The van der Waals surface area contributed by atoms with Crippen molar-refractivity contribution in [2.75, 3.05) is 32.7 Å². The van der Waals surface area contributed by atoms with Crippen LogP contribution in [0.4, 0.5) is 0 Å². The molecule has 158 valence electrons. The molecule has 0 bridgehead atoms. The molecule has 0 saturated carbocycles. The average Bonchev–Trinajstić information content (AvgIpc) is 3.07. The summed E-state index contributed by atoms with van der Waals surface area (Å²) >= 11 is 4.67. The van der Waals surface area contributed by atoms with Crippen LogP contribution in [0.2, 0.25) is 0 Å². The second-order valence-corrected chi connectivity index (χ2v) is 8.74. The minimum absolute atomic E-state index is 0.582. The van der Waals surface area contributed by atoms with E-state index in [0.29, 0.717) is 12.1 Å². The molecule has 1 saturated heterocycles. The van der Waals surface area contributed by atoms with Crippen LogP contribution in [0.5, 0.6) is 0 Å². The largest absolute Gasteiger partial charge is 0.340 e. The summed E-state index contributed by atoms with van der Waals surface area (Å²) in [5.41, 5.74) is 2.70. The van der Waals surface area contributed by atoms with Gasteiger partial charge in [-0.25, -0.2) is 4.99 Å². The van der Waals surface area contributed by atoms with Gasteiger partial charge in [0.2, 0.25) is 0 Å². The number of rotatable bonds is 8. The third kappa shape index (κ3) is 4.50. The van der Waals surface area contributed by atoms with Crippen molar-refractivity contribution >= 4 is 39.2 Å². The number of para-hydroxylation sites is 2. The molecule has 4 nitrogen and oxygen atoms in total. The van der Waals surface area contributed by atoms with E-state index in [-0.39, 0.29) is 0 Å². The quantitative estimate of drug-likeness (QED) is 0.289. The normalized spacial score (nSPS) is 20.6. The highest BCUT2D eigenvalue weighted by molar-refractivity contribution is 7.78. The lowest BCUT2D eigenvalue weighted by atomic mass is 10.1. The Balaban J connectivity index is 1.37. The summed E-state index contributed by atoms with van der Waals surface area (Å²) in [5.74, 6) is 0. The van der Waals surface area contributed by atoms with E-state index < -0.39 is 0 Å². The van der Waals surface area contributed by atoms with Crippen LogP contribution in [0.1, 0.15) is 26.7 Å². The van der Waals surface area contributed by atoms with Crippen molar-refractivity contribution in [1.82, 2.24) is 14.4 Å². The highest BCUT2D eigenvalue weighted by Crippen LogP contribution is 2.29. The van der Waals surface area contributed by atoms with Crippen LogP contribution in [-0.2, 0) is 6.54 Å². The van der Waals surface area contributed by atoms with Gasteiger partial charge in [0.05, 0.1) is 11.7 Å². The van der Waals surface area contributed by atoms with Gasteiger partial charge >= 0.3 is 0 Å². The first kappa shape index (κ1) is 21.2. The molecule has 1 aliphatic rings. The number of hydrogen-bond acceptors (Lipinski definition) is 4. The van der Waals surface area contributed by atoms with Crippen LogP contribution < -0.4 is 0 Å². The van der Waals surface area contributed by atoms with Gasteiger partial charge in [0.15, 0.2) is 0 Å². The number of nitrogens with zero attached hydrogens (tertiary/aromatic N) is 4. The van der Waals surface area contributed by atoms with E-state index in [9.17, 15) is 0 Å². The molecule has 1 aromatic heterocycles. The summed E-state index contributed by atoms with van der Waals surface area (Å²) < 4.78 is 2.50. The highest BCUT2D eigenvalue weighted by atomic mass is 32.1. The molecule has 1 fully saturated rings. The zero-order valence-corrected chi connectivity index (χ0v) is 18.9. The van der Waals surface area contributed by atoms with E-state index in [4.69, 9.17) is 0 Å². The van der Waals surface area contributed by atoms with E-state index in [0.717, 1.165) is 45.7 Å². The van der Waals surface area contributed by atoms with E-state index in [2.05, 4.69) is 99.1 Å². The third-order valence-electron chi connectivity index (χ3n) is 6.46. The molecule has 2 atom stereocenters. The Morgan fingerprint density at radius 1 is 0.867 bits per heavy atom. The average molecular weight is 421 g/mol. The van der Waals surface area contributed by atoms with Crippen molar-refractivity contribution in [3.05, 3.63) is 48.5 Å². The number of piperazine rings is 1. The Bertz CT molecular complexity index is 971. The summed E-state index contributed by atoms with van der Waals surface area (Å²) in [6, 6.07) is 18.8. The summed E-state index contributed by atoms with van der Waals surface area (Å²) in [4.78, 5) is 9.33. The van der Waals surface area contributed by atoms with Gasteiger partial charge in [0.25, 0.3) is 0 Å². The molecule has 4 rings (SSSR count). The Labute approximate surface area is 185 Å². The first-order chi connectivity index (χ1) is 14.7. The fraction of sp³-hybridized carbons (Fsp3) is 0.480. The van der Waals surface area contributed by atoms with Crippen LogP contribution in [0.3, 0.4) is 0 Å². The Hall–Kier alpha value is -2.04. The predicted molar refractivity (Wildman–Crippen MR) is 131 cm³/mol. The van der Waals surface area contributed by atoms with Gasteiger partial charge in [-0.15, -0.1) is 0 Å². The van der Waals surface area contributed by atoms with Crippen molar-refractivity contribution in [2.45, 2.75) is 45.3 Å². The van der Waals surface area contributed by atoms with Crippen LogP contribution >= 0.6 is 12.2 Å². The number of aliphatic imine (C=N–C) groups is 1. The molecule has 1 aliphatic heterocycles. The number of benzene rings is 2. The molecule has 2 aromatic carbocycles. The smallest absolute Gasteiger partial charge is 0.0584 e. The lowest BCUT2D eigenvalue weighted by molar-refractivity contribution is 0.0377. The molecule has 0 spiro atoms. The standard InChI is InChI=1S/C25H32N4S/c1-20-17-27(18-21(2)28(20)15-7-13-26-19-30)14-8-16-29-24-11-5-3-9-22(24)23-10-4-6-12-25(23)29/h3-6,9-12,20-21H,7-8,13-18H2,1-2H3. The number of thiocarbonyl (C=S) groups is 1. The number of aryl methyl sites for hydroxylation is 1. The Morgan fingerprint density at radius 3 is 2.07 bits per heavy atom. The zero-order chi connectivity index (χ0) is 20.9. The molecule has 0 aliphatic carbocycles. The van der Waals surface area contributed by atoms with Gasteiger partial charge in [-0.05, 0) is 57.6 Å². The minimum Gasteiger partial charge on any atom is -0.340 e. The first-order valence-corrected chi connectivity index (χ1v) is 11.6. The van der Waals surface area contributed by atoms with Crippen LogP contribution in [-0.4, -0.2) is 64.3 Å². The zero-order valence-electron chi connectivity index (χ0n) is 18.1. The molecule has 30 heavy (non-hydrogen) atoms. The number of isothiocyanates is 1. The number of fused-ring (bicyclic) bond motifs is 3. The van der Waals surface area contributed by atoms with Crippen LogP contribution in [0, 0.1) is 0 Å². The van der Waals surface area contributed by atoms with Gasteiger partial charge in [0, 0.05) is 60.1 Å². The topological polar surface area (TPSA) is 23.8 Å². The molecular weight excluding hydrogens is 388 g/mol. The van der Waals surface area contributed by atoms with E-state index in [1.54, 1.807) is 0 Å². The van der Waals surface area contributed by atoms with Crippen LogP contribution in [0.25, 0.3) is 21.8 Å². The van der Waals surface area contributed by atoms with E-state index in [1.807, 2.05) is 0 Å². The number of aromatic nitrogens is 1. The van der Waals surface area contributed by atoms with Crippen molar-refractivity contribution in [3.8, 4) is 0 Å². The van der Waals surface area contributed by atoms with Crippen LogP contribution in [0.15, 0.2) is 53.5 Å². The fourth-order valence-electron chi connectivity index (χ4n) is 5.16. The Morgan fingerprint density at radius 2 is 1.47 bits per heavy atom. The molecule has 2 unspecified atom stereocenters. The lowest BCUT2D eigenvalue weighted by Crippen LogP contribution is -2.56. The SMILES string of the molecule is CC1CN(CCCn2c3ccccc3c3ccccc32)CC(C)N1CCCN=C=S. The van der Waals surface area contributed by atoms with Gasteiger partial charge in [-0.1, -0.05) is 36.4 Å². The monoisotopic (exact) mass is 420 g/mol.